The highest BCUT2D eigenvalue weighted by Crippen LogP contribution is 2.12. The minimum atomic E-state index is 0.760. The number of nitrogens with zero attached hydrogens (tertiary/aromatic N) is 4. The van der Waals surface area contributed by atoms with E-state index in [2.05, 4.69) is 50.2 Å². The molecule has 0 aliphatic carbocycles. The van der Waals surface area contributed by atoms with Crippen LogP contribution >= 0.6 is 12.2 Å². The Bertz CT molecular complexity index is 676. The highest BCUT2D eigenvalue weighted by atomic mass is 32.1. The zero-order chi connectivity index (χ0) is 16.9. The van der Waals surface area contributed by atoms with Crippen LogP contribution < -0.4 is 5.32 Å². The largest absolute Gasteiger partial charge is 0.346 e. The molecule has 3 rings (SSSR count). The summed E-state index contributed by atoms with van der Waals surface area (Å²) in [5, 5.41) is 4.04. The van der Waals surface area contributed by atoms with Gasteiger partial charge in [0.2, 0.25) is 0 Å². The van der Waals surface area contributed by atoms with Gasteiger partial charge in [0.05, 0.1) is 0 Å². The number of thiocarbonyl (C=S) groups is 1. The molecule has 5 nitrogen and oxygen atoms in total. The number of hydrogen-bond acceptors (Lipinski definition) is 4. The van der Waals surface area contributed by atoms with Crippen LogP contribution in [0, 0.1) is 13.8 Å². The van der Waals surface area contributed by atoms with E-state index in [1.807, 2.05) is 25.4 Å². The van der Waals surface area contributed by atoms with Gasteiger partial charge in [0.25, 0.3) is 0 Å². The van der Waals surface area contributed by atoms with Gasteiger partial charge in [-0.1, -0.05) is 0 Å². The average Bonchev–Trinajstić information content (AvgIpc) is 2.55. The van der Waals surface area contributed by atoms with Gasteiger partial charge in [0, 0.05) is 50.8 Å². The number of nitrogens with one attached hydrogen (secondary N) is 1. The molecule has 0 unspecified atom stereocenters. The normalized spacial score (nSPS) is 15.3. The predicted molar refractivity (Wildman–Crippen MR) is 101 cm³/mol. The third kappa shape index (κ3) is 4.49. The van der Waals surface area contributed by atoms with E-state index in [9.17, 15) is 0 Å². The van der Waals surface area contributed by atoms with E-state index >= 15 is 0 Å². The molecule has 0 saturated carbocycles. The molecule has 2 aromatic heterocycles. The first-order valence-corrected chi connectivity index (χ1v) is 8.63. The lowest BCUT2D eigenvalue weighted by atomic mass is 10.2. The molecule has 6 heteroatoms. The molecule has 24 heavy (non-hydrogen) atoms. The van der Waals surface area contributed by atoms with Gasteiger partial charge >= 0.3 is 0 Å². The Hall–Kier alpha value is -2.05. The molecular weight excluding hydrogens is 318 g/mol. The fraction of sp³-hybridized carbons (Fsp3) is 0.389. The minimum absolute atomic E-state index is 0.760. The molecule has 1 N–H and O–H groups in total. The fourth-order valence-electron chi connectivity index (χ4n) is 2.95. The highest BCUT2D eigenvalue weighted by Gasteiger charge is 2.19. The van der Waals surface area contributed by atoms with Gasteiger partial charge in [-0.3, -0.25) is 9.88 Å². The lowest BCUT2D eigenvalue weighted by Crippen LogP contribution is -2.49. The predicted octanol–water partition coefficient (Wildman–Crippen LogP) is 2.61. The quantitative estimate of drug-likeness (QED) is 0.866. The van der Waals surface area contributed by atoms with Crippen LogP contribution in [0.25, 0.3) is 0 Å². The number of pyridine rings is 2. The maximum atomic E-state index is 5.56. The Morgan fingerprint density at radius 2 is 1.83 bits per heavy atom. The zero-order valence-electron chi connectivity index (χ0n) is 14.2. The number of rotatable bonds is 3. The molecule has 3 heterocycles. The van der Waals surface area contributed by atoms with Gasteiger partial charge in [-0.05, 0) is 61.5 Å². The minimum Gasteiger partial charge on any atom is -0.346 e. The van der Waals surface area contributed by atoms with Gasteiger partial charge in [0.1, 0.15) is 5.82 Å². The number of aromatic nitrogens is 2. The van der Waals surface area contributed by atoms with Crippen molar-refractivity contribution in [1.29, 1.82) is 0 Å². The van der Waals surface area contributed by atoms with Crippen molar-refractivity contribution in [3.8, 4) is 0 Å². The van der Waals surface area contributed by atoms with Crippen molar-refractivity contribution in [2.75, 3.05) is 31.5 Å². The summed E-state index contributed by atoms with van der Waals surface area (Å²) in [5.74, 6) is 0.830. The maximum absolute atomic E-state index is 5.56. The van der Waals surface area contributed by atoms with Crippen LogP contribution in [0.1, 0.15) is 16.8 Å². The summed E-state index contributed by atoms with van der Waals surface area (Å²) in [6.45, 7) is 8.91. The van der Waals surface area contributed by atoms with Gasteiger partial charge < -0.3 is 10.2 Å². The highest BCUT2D eigenvalue weighted by molar-refractivity contribution is 7.80. The third-order valence-corrected chi connectivity index (χ3v) is 4.51. The summed E-state index contributed by atoms with van der Waals surface area (Å²) >= 11 is 5.56. The molecule has 0 bridgehead atoms. The molecule has 2 aromatic rings. The topological polar surface area (TPSA) is 44.3 Å². The molecule has 1 aliphatic heterocycles. The number of hydrogen-bond donors (Lipinski definition) is 1. The second-order valence-corrected chi connectivity index (χ2v) is 6.61. The van der Waals surface area contributed by atoms with Crippen molar-refractivity contribution in [1.82, 2.24) is 19.8 Å². The van der Waals surface area contributed by atoms with Crippen molar-refractivity contribution in [3.63, 3.8) is 0 Å². The Balaban J connectivity index is 1.51. The smallest absolute Gasteiger partial charge is 0.174 e. The van der Waals surface area contributed by atoms with Crippen LogP contribution in [-0.4, -0.2) is 51.1 Å². The summed E-state index contributed by atoms with van der Waals surface area (Å²) in [6.07, 6.45) is 3.70. The molecular formula is C18H23N5S. The molecule has 0 amide bonds. The van der Waals surface area contributed by atoms with E-state index < -0.39 is 0 Å². The zero-order valence-corrected chi connectivity index (χ0v) is 15.0. The third-order valence-electron chi connectivity index (χ3n) is 4.15. The van der Waals surface area contributed by atoms with E-state index in [-0.39, 0.29) is 0 Å². The molecule has 0 radical (unpaired) electrons. The summed E-state index contributed by atoms with van der Waals surface area (Å²) in [7, 11) is 0. The SMILES string of the molecule is Cc1cc(C)nc(NC(=S)N2CCN(Cc3ccncc3)CC2)c1. The first-order valence-electron chi connectivity index (χ1n) is 8.22. The second-order valence-electron chi connectivity index (χ2n) is 6.22. The van der Waals surface area contributed by atoms with Crippen LogP contribution in [0.5, 0.6) is 0 Å². The van der Waals surface area contributed by atoms with Crippen LogP contribution in [0.4, 0.5) is 5.82 Å². The molecule has 126 valence electrons. The van der Waals surface area contributed by atoms with Crippen molar-refractivity contribution < 1.29 is 0 Å². The van der Waals surface area contributed by atoms with E-state index in [0.29, 0.717) is 0 Å². The maximum Gasteiger partial charge on any atom is 0.174 e. The van der Waals surface area contributed by atoms with Crippen LogP contribution in [0.3, 0.4) is 0 Å². The van der Waals surface area contributed by atoms with E-state index in [0.717, 1.165) is 49.3 Å². The lowest BCUT2D eigenvalue weighted by Gasteiger charge is -2.36. The van der Waals surface area contributed by atoms with Gasteiger partial charge in [0.15, 0.2) is 5.11 Å². The second kappa shape index (κ2) is 7.68. The van der Waals surface area contributed by atoms with E-state index in [1.54, 1.807) is 0 Å². The van der Waals surface area contributed by atoms with Crippen LogP contribution in [0.15, 0.2) is 36.7 Å². The monoisotopic (exact) mass is 341 g/mol. The number of anilines is 1. The van der Waals surface area contributed by atoms with Crippen molar-refractivity contribution >= 4 is 23.1 Å². The molecule has 0 atom stereocenters. The van der Waals surface area contributed by atoms with Crippen LogP contribution in [-0.2, 0) is 6.54 Å². The first kappa shape index (κ1) is 16.8. The Morgan fingerprint density at radius 1 is 1.12 bits per heavy atom. The fourth-order valence-corrected chi connectivity index (χ4v) is 3.24. The van der Waals surface area contributed by atoms with Gasteiger partial charge in [-0.25, -0.2) is 4.98 Å². The molecule has 0 spiro atoms. The summed E-state index contributed by atoms with van der Waals surface area (Å²) < 4.78 is 0. The van der Waals surface area contributed by atoms with Gasteiger partial charge in [-0.2, -0.15) is 0 Å². The standard InChI is InChI=1S/C18H23N5S/c1-14-11-15(2)20-17(12-14)21-18(24)23-9-7-22(8-10-23)13-16-3-5-19-6-4-16/h3-6,11-12H,7-10,13H2,1-2H3,(H,20,21,24). The van der Waals surface area contributed by atoms with Crippen molar-refractivity contribution in [3.05, 3.63) is 53.5 Å². The Labute approximate surface area is 148 Å². The van der Waals surface area contributed by atoms with E-state index in [4.69, 9.17) is 12.2 Å². The molecule has 0 aromatic carbocycles. The summed E-state index contributed by atoms with van der Waals surface area (Å²) in [5.41, 5.74) is 3.50. The summed E-state index contributed by atoms with van der Waals surface area (Å²) in [6, 6.07) is 8.24. The Kier molecular flexibility index (Phi) is 5.37. The van der Waals surface area contributed by atoms with Crippen LogP contribution in [0.2, 0.25) is 0 Å². The Morgan fingerprint density at radius 3 is 2.50 bits per heavy atom. The lowest BCUT2D eigenvalue weighted by molar-refractivity contribution is 0.177. The number of piperazine rings is 1. The summed E-state index contributed by atoms with van der Waals surface area (Å²) in [4.78, 5) is 13.2. The van der Waals surface area contributed by atoms with Crippen molar-refractivity contribution in [2.45, 2.75) is 20.4 Å². The molecule has 1 fully saturated rings. The number of aryl methyl sites for hydroxylation is 2. The van der Waals surface area contributed by atoms with E-state index in [1.165, 1.54) is 11.1 Å². The first-order chi connectivity index (χ1) is 11.6. The average molecular weight is 341 g/mol. The molecule has 1 saturated heterocycles. The van der Waals surface area contributed by atoms with Crippen molar-refractivity contribution in [2.24, 2.45) is 0 Å². The van der Waals surface area contributed by atoms with Gasteiger partial charge in [-0.15, -0.1) is 0 Å². The molecule has 1 aliphatic rings.